The number of halogens is 1. The van der Waals surface area contributed by atoms with Crippen LogP contribution >= 0.6 is 11.6 Å². The van der Waals surface area contributed by atoms with Crippen molar-refractivity contribution in [1.29, 1.82) is 0 Å². The Morgan fingerprint density at radius 2 is 2.05 bits per heavy atom. The van der Waals surface area contributed by atoms with E-state index >= 15 is 0 Å². The fourth-order valence-electron chi connectivity index (χ4n) is 1.21. The van der Waals surface area contributed by atoms with E-state index in [2.05, 4.69) is 22.2 Å². The zero-order valence-electron chi connectivity index (χ0n) is 11.0. The maximum absolute atomic E-state index is 11.3. The van der Waals surface area contributed by atoms with Crippen LogP contribution in [0.4, 0.5) is 10.5 Å². The van der Waals surface area contributed by atoms with Gasteiger partial charge in [0.2, 0.25) is 0 Å². The Bertz CT molecular complexity index is 428. The third kappa shape index (κ3) is 6.67. The first-order chi connectivity index (χ1) is 9.11. The normalized spacial score (nSPS) is 11.0. The van der Waals surface area contributed by atoms with E-state index in [4.69, 9.17) is 16.3 Å². The van der Waals surface area contributed by atoms with Crippen molar-refractivity contribution in [1.82, 2.24) is 0 Å². The predicted octanol–water partition coefficient (Wildman–Crippen LogP) is 3.99. The van der Waals surface area contributed by atoms with E-state index in [9.17, 15) is 4.79 Å². The smallest absolute Gasteiger partial charge is 0.437 e. The molecule has 0 bridgehead atoms. The number of hydrogen-bond acceptors (Lipinski definition) is 4. The quantitative estimate of drug-likeness (QED) is 0.372. The highest BCUT2D eigenvalue weighted by atomic mass is 35.5. The monoisotopic (exact) mass is 284 g/mol. The van der Waals surface area contributed by atoms with Gasteiger partial charge in [-0.25, -0.2) is 4.79 Å². The topological polar surface area (TPSA) is 59.9 Å². The van der Waals surface area contributed by atoms with Gasteiger partial charge in [-0.15, -0.1) is 0 Å². The average Bonchev–Trinajstić information content (AvgIpc) is 2.39. The van der Waals surface area contributed by atoms with E-state index in [0.29, 0.717) is 12.3 Å². The second-order valence-electron chi connectivity index (χ2n) is 3.82. The number of amides is 1. The highest BCUT2D eigenvalue weighted by Gasteiger charge is 2.03. The molecule has 1 rings (SSSR count). The number of nitrogens with one attached hydrogen (secondary N) is 1. The number of oxime groups is 1. The van der Waals surface area contributed by atoms with Gasteiger partial charge in [-0.1, -0.05) is 30.1 Å². The van der Waals surface area contributed by atoms with Crippen LogP contribution in [0.2, 0.25) is 0 Å². The fraction of sp³-hybridized carbons (Fsp3) is 0.385. The van der Waals surface area contributed by atoms with Gasteiger partial charge in [0.1, 0.15) is 10.9 Å². The van der Waals surface area contributed by atoms with E-state index in [1.54, 1.807) is 24.3 Å². The predicted molar refractivity (Wildman–Crippen MR) is 75.9 cm³/mol. The van der Waals surface area contributed by atoms with E-state index < -0.39 is 6.09 Å². The van der Waals surface area contributed by atoms with Gasteiger partial charge in [0.05, 0.1) is 6.61 Å². The van der Waals surface area contributed by atoms with Gasteiger partial charge < -0.3 is 4.74 Å². The molecule has 0 aliphatic rings. The second kappa shape index (κ2) is 8.37. The Kier molecular flexibility index (Phi) is 6.74. The van der Waals surface area contributed by atoms with E-state index in [-0.39, 0.29) is 5.17 Å². The summed E-state index contributed by atoms with van der Waals surface area (Å²) in [5.41, 5.74) is 0.593. The summed E-state index contributed by atoms with van der Waals surface area (Å²) in [6.45, 7) is 4.30. The van der Waals surface area contributed by atoms with Crippen molar-refractivity contribution < 1.29 is 14.4 Å². The molecular weight excluding hydrogens is 268 g/mol. The third-order valence-corrected chi connectivity index (χ3v) is 2.19. The van der Waals surface area contributed by atoms with Gasteiger partial charge in [0.25, 0.3) is 0 Å². The molecule has 5 nitrogen and oxygen atoms in total. The lowest BCUT2D eigenvalue weighted by molar-refractivity contribution is 0.167. The Morgan fingerprint density at radius 1 is 1.37 bits per heavy atom. The van der Waals surface area contributed by atoms with Crippen molar-refractivity contribution in [2.45, 2.75) is 26.7 Å². The largest absolute Gasteiger partial charge is 0.494 e. The summed E-state index contributed by atoms with van der Waals surface area (Å²) in [5.74, 6) is 0.766. The number of nitrogens with zero attached hydrogens (tertiary/aromatic N) is 1. The first-order valence-corrected chi connectivity index (χ1v) is 6.40. The average molecular weight is 285 g/mol. The van der Waals surface area contributed by atoms with Gasteiger partial charge in [-0.05, 0) is 37.6 Å². The van der Waals surface area contributed by atoms with Crippen molar-refractivity contribution in [3.63, 3.8) is 0 Å². The minimum atomic E-state index is -0.695. The number of ether oxygens (including phenoxy) is 1. The lowest BCUT2D eigenvalue weighted by Gasteiger charge is -2.06. The molecule has 6 heteroatoms. The summed E-state index contributed by atoms with van der Waals surface area (Å²) in [6, 6.07) is 7.00. The summed E-state index contributed by atoms with van der Waals surface area (Å²) in [5, 5.41) is 5.99. The number of hydrogen-bond donors (Lipinski definition) is 1. The Balaban J connectivity index is 2.43. The molecule has 0 atom stereocenters. The fourth-order valence-corrected chi connectivity index (χ4v) is 1.25. The molecule has 0 radical (unpaired) electrons. The molecule has 0 aliphatic heterocycles. The van der Waals surface area contributed by atoms with Crippen LogP contribution in [0.1, 0.15) is 26.7 Å². The van der Waals surface area contributed by atoms with Crippen LogP contribution in [-0.2, 0) is 4.84 Å². The molecular formula is C13H17ClN2O3. The molecule has 19 heavy (non-hydrogen) atoms. The first-order valence-electron chi connectivity index (χ1n) is 6.02. The van der Waals surface area contributed by atoms with Crippen LogP contribution in [0.15, 0.2) is 29.4 Å². The molecule has 1 aromatic rings. The van der Waals surface area contributed by atoms with Gasteiger partial charge in [-0.3, -0.25) is 10.2 Å². The molecule has 0 aromatic heterocycles. The van der Waals surface area contributed by atoms with Crippen LogP contribution in [0.25, 0.3) is 0 Å². The minimum Gasteiger partial charge on any atom is -0.494 e. The number of benzene rings is 1. The van der Waals surface area contributed by atoms with Crippen LogP contribution < -0.4 is 10.1 Å². The molecule has 0 heterocycles. The summed E-state index contributed by atoms with van der Waals surface area (Å²) in [6.07, 6.45) is 1.41. The number of carbonyl (C=O) groups is 1. The van der Waals surface area contributed by atoms with Gasteiger partial charge in [0.15, 0.2) is 0 Å². The van der Waals surface area contributed by atoms with Crippen molar-refractivity contribution in [2.75, 3.05) is 11.9 Å². The summed E-state index contributed by atoms with van der Waals surface area (Å²) >= 11 is 5.43. The Morgan fingerprint density at radius 3 is 2.63 bits per heavy atom. The van der Waals surface area contributed by atoms with E-state index in [1.807, 2.05) is 0 Å². The summed E-state index contributed by atoms with van der Waals surface area (Å²) in [4.78, 5) is 15.8. The Hall–Kier alpha value is -1.75. The van der Waals surface area contributed by atoms with Crippen molar-refractivity contribution in [3.05, 3.63) is 24.3 Å². The number of carbonyl (C=O) groups excluding carboxylic acids is 1. The zero-order chi connectivity index (χ0) is 14.1. The van der Waals surface area contributed by atoms with Crippen molar-refractivity contribution in [2.24, 2.45) is 5.16 Å². The molecule has 0 aliphatic carbocycles. The molecule has 0 saturated carbocycles. The molecule has 1 aromatic carbocycles. The molecule has 1 amide bonds. The first kappa shape index (κ1) is 15.3. The molecule has 0 fully saturated rings. The standard InChI is InChI=1S/C13H17ClN2O3/c1-3-4-9-18-12-7-5-11(6-8-12)15-13(17)19-16-10(2)14/h5-8H,3-4,9H2,1-2H3,(H,15,17)/b16-10+. The van der Waals surface area contributed by atoms with Crippen LogP contribution in [-0.4, -0.2) is 17.9 Å². The number of anilines is 1. The Labute approximate surface area is 117 Å². The second-order valence-corrected chi connectivity index (χ2v) is 4.37. The third-order valence-electron chi connectivity index (χ3n) is 2.12. The van der Waals surface area contributed by atoms with Gasteiger partial charge >= 0.3 is 6.09 Å². The molecule has 1 N–H and O–H groups in total. The lowest BCUT2D eigenvalue weighted by atomic mass is 10.3. The zero-order valence-corrected chi connectivity index (χ0v) is 11.7. The number of rotatable bonds is 6. The number of unbranched alkanes of at least 4 members (excludes halogenated alkanes) is 1. The summed E-state index contributed by atoms with van der Waals surface area (Å²) in [7, 11) is 0. The maximum atomic E-state index is 11.3. The molecule has 0 spiro atoms. The highest BCUT2D eigenvalue weighted by Crippen LogP contribution is 2.16. The van der Waals surface area contributed by atoms with Crippen LogP contribution in [0.3, 0.4) is 0 Å². The van der Waals surface area contributed by atoms with E-state index in [1.165, 1.54) is 6.92 Å². The maximum Gasteiger partial charge on any atom is 0.437 e. The van der Waals surface area contributed by atoms with E-state index in [0.717, 1.165) is 18.6 Å². The van der Waals surface area contributed by atoms with Crippen LogP contribution in [0, 0.1) is 0 Å². The molecule has 0 unspecified atom stereocenters. The SMILES string of the molecule is CCCCOc1ccc(NC(=O)O/N=C(\C)Cl)cc1. The lowest BCUT2D eigenvalue weighted by Crippen LogP contribution is -2.11. The van der Waals surface area contributed by atoms with Gasteiger partial charge in [-0.2, -0.15) is 0 Å². The van der Waals surface area contributed by atoms with Crippen molar-refractivity contribution in [3.8, 4) is 5.75 Å². The minimum absolute atomic E-state index is 0.148. The van der Waals surface area contributed by atoms with Crippen LogP contribution in [0.5, 0.6) is 5.75 Å². The molecule has 104 valence electrons. The molecule has 0 saturated heterocycles. The van der Waals surface area contributed by atoms with Gasteiger partial charge in [0, 0.05) is 5.69 Å². The summed E-state index contributed by atoms with van der Waals surface area (Å²) < 4.78 is 5.50. The van der Waals surface area contributed by atoms with Crippen molar-refractivity contribution >= 4 is 28.6 Å². The highest BCUT2D eigenvalue weighted by molar-refractivity contribution is 6.64.